The topological polar surface area (TPSA) is 29.5 Å². The molecule has 0 aliphatic rings. The van der Waals surface area contributed by atoms with E-state index in [-0.39, 0.29) is 0 Å². The van der Waals surface area contributed by atoms with Crippen LogP contribution in [0.3, 0.4) is 0 Å². The standard InChI is InChI=1S/C9H24O2Si2/c1-6-7-8-9-12(2,3)11-13(4,5)10/h10H,6-9H2,1-5H3. The van der Waals surface area contributed by atoms with Crippen molar-refractivity contribution in [2.24, 2.45) is 0 Å². The fourth-order valence-electron chi connectivity index (χ4n) is 1.53. The molecule has 80 valence electrons. The predicted octanol–water partition coefficient (Wildman–Crippen LogP) is 3.09. The van der Waals surface area contributed by atoms with Crippen molar-refractivity contribution in [3.05, 3.63) is 0 Å². The number of rotatable bonds is 6. The molecule has 1 N–H and O–H groups in total. The van der Waals surface area contributed by atoms with Crippen molar-refractivity contribution in [1.29, 1.82) is 0 Å². The maximum absolute atomic E-state index is 9.66. The largest absolute Gasteiger partial charge is 0.436 e. The molecule has 0 unspecified atom stereocenters. The molecule has 0 aromatic carbocycles. The van der Waals surface area contributed by atoms with Gasteiger partial charge in [-0.05, 0) is 32.2 Å². The first-order chi connectivity index (χ1) is 5.77. The van der Waals surface area contributed by atoms with Crippen molar-refractivity contribution < 1.29 is 8.91 Å². The fourth-order valence-corrected chi connectivity index (χ4v) is 8.45. The molecule has 0 aromatic heterocycles. The summed E-state index contributed by atoms with van der Waals surface area (Å²) in [6.45, 7) is 10.3. The van der Waals surface area contributed by atoms with Crippen LogP contribution in [0.4, 0.5) is 0 Å². The normalized spacial score (nSPS) is 13.4. The second-order valence-electron chi connectivity index (χ2n) is 4.77. The Bertz CT molecular complexity index is 141. The summed E-state index contributed by atoms with van der Waals surface area (Å²) in [5.74, 6) is 0. The molecule has 0 saturated carbocycles. The summed E-state index contributed by atoms with van der Waals surface area (Å²) in [5.41, 5.74) is 0. The van der Waals surface area contributed by atoms with Crippen LogP contribution in [0.5, 0.6) is 0 Å². The second-order valence-corrected chi connectivity index (χ2v) is 12.5. The van der Waals surface area contributed by atoms with Gasteiger partial charge in [-0.3, -0.25) is 0 Å². The van der Waals surface area contributed by atoms with Crippen LogP contribution in [0.25, 0.3) is 0 Å². The molecule has 0 rings (SSSR count). The smallest absolute Gasteiger partial charge is 0.318 e. The number of hydrogen-bond donors (Lipinski definition) is 1. The summed E-state index contributed by atoms with van der Waals surface area (Å²) in [6.07, 6.45) is 3.79. The monoisotopic (exact) mass is 220 g/mol. The SMILES string of the molecule is CCCCC[Si](C)(C)O[Si](C)(C)O. The Morgan fingerprint density at radius 3 is 2.00 bits per heavy atom. The van der Waals surface area contributed by atoms with E-state index in [9.17, 15) is 4.80 Å². The Morgan fingerprint density at radius 1 is 1.08 bits per heavy atom. The van der Waals surface area contributed by atoms with Crippen LogP contribution in [0.1, 0.15) is 26.2 Å². The third kappa shape index (κ3) is 8.68. The van der Waals surface area contributed by atoms with Crippen LogP contribution in [0.2, 0.25) is 32.2 Å². The minimum absolute atomic E-state index is 1.18. The molecule has 0 fully saturated rings. The van der Waals surface area contributed by atoms with E-state index < -0.39 is 16.9 Å². The van der Waals surface area contributed by atoms with Crippen LogP contribution in [-0.2, 0) is 4.12 Å². The summed E-state index contributed by atoms with van der Waals surface area (Å²) < 4.78 is 5.81. The lowest BCUT2D eigenvalue weighted by Gasteiger charge is -2.29. The van der Waals surface area contributed by atoms with Gasteiger partial charge in [0, 0.05) is 0 Å². The fraction of sp³-hybridized carbons (Fsp3) is 1.00. The van der Waals surface area contributed by atoms with Gasteiger partial charge >= 0.3 is 8.56 Å². The Balaban J connectivity index is 3.80. The maximum atomic E-state index is 9.66. The van der Waals surface area contributed by atoms with Crippen LogP contribution in [0, 0.1) is 0 Å². The quantitative estimate of drug-likeness (QED) is 0.550. The van der Waals surface area contributed by atoms with Crippen molar-refractivity contribution in [3.63, 3.8) is 0 Å². The van der Waals surface area contributed by atoms with E-state index in [1.54, 1.807) is 0 Å². The van der Waals surface area contributed by atoms with Crippen molar-refractivity contribution in [3.8, 4) is 0 Å². The minimum Gasteiger partial charge on any atom is -0.436 e. The molecule has 0 spiro atoms. The molecule has 4 heteroatoms. The first-order valence-corrected chi connectivity index (χ1v) is 11.2. The van der Waals surface area contributed by atoms with Gasteiger partial charge in [-0.1, -0.05) is 26.2 Å². The lowest BCUT2D eigenvalue weighted by atomic mass is 10.3. The Hall–Kier alpha value is 0.354. The molecule has 2 nitrogen and oxygen atoms in total. The lowest BCUT2D eigenvalue weighted by molar-refractivity contribution is 0.384. The second kappa shape index (κ2) is 5.29. The highest BCUT2D eigenvalue weighted by Crippen LogP contribution is 2.19. The van der Waals surface area contributed by atoms with Gasteiger partial charge in [0.05, 0.1) is 0 Å². The van der Waals surface area contributed by atoms with Crippen molar-refractivity contribution >= 4 is 16.9 Å². The molecule has 0 bridgehead atoms. The van der Waals surface area contributed by atoms with E-state index in [4.69, 9.17) is 4.12 Å². The van der Waals surface area contributed by atoms with Crippen molar-refractivity contribution in [1.82, 2.24) is 0 Å². The average molecular weight is 220 g/mol. The third-order valence-corrected chi connectivity index (χ3v) is 7.67. The Morgan fingerprint density at radius 2 is 1.62 bits per heavy atom. The van der Waals surface area contributed by atoms with Gasteiger partial charge in [-0.15, -0.1) is 0 Å². The van der Waals surface area contributed by atoms with E-state index in [2.05, 4.69) is 20.0 Å². The van der Waals surface area contributed by atoms with E-state index in [0.29, 0.717) is 0 Å². The summed E-state index contributed by atoms with van der Waals surface area (Å²) >= 11 is 0. The van der Waals surface area contributed by atoms with Gasteiger partial charge in [0.15, 0.2) is 8.32 Å². The summed E-state index contributed by atoms with van der Waals surface area (Å²) in [6, 6.07) is 1.18. The van der Waals surface area contributed by atoms with E-state index in [0.717, 1.165) is 0 Å². The summed E-state index contributed by atoms with van der Waals surface area (Å²) in [4.78, 5) is 9.66. The number of hydrogen-bond acceptors (Lipinski definition) is 2. The van der Waals surface area contributed by atoms with Gasteiger partial charge in [-0.2, -0.15) is 0 Å². The van der Waals surface area contributed by atoms with Gasteiger partial charge in [0.1, 0.15) is 0 Å². The highest BCUT2D eigenvalue weighted by Gasteiger charge is 2.31. The van der Waals surface area contributed by atoms with Gasteiger partial charge in [0.25, 0.3) is 0 Å². The van der Waals surface area contributed by atoms with Crippen LogP contribution >= 0.6 is 0 Å². The zero-order valence-electron chi connectivity index (χ0n) is 9.68. The van der Waals surface area contributed by atoms with Crippen molar-refractivity contribution in [2.75, 3.05) is 0 Å². The van der Waals surface area contributed by atoms with Crippen LogP contribution in [-0.4, -0.2) is 21.7 Å². The molecule has 0 heterocycles. The Labute approximate surface area is 84.7 Å². The molecule has 0 aliphatic carbocycles. The predicted molar refractivity (Wildman–Crippen MR) is 62.6 cm³/mol. The van der Waals surface area contributed by atoms with E-state index in [1.165, 1.54) is 25.3 Å². The maximum Gasteiger partial charge on any atom is 0.318 e. The first kappa shape index (κ1) is 13.4. The van der Waals surface area contributed by atoms with Gasteiger partial charge in [-0.25, -0.2) is 0 Å². The molecule has 0 aromatic rings. The Kier molecular flexibility index (Phi) is 5.43. The van der Waals surface area contributed by atoms with Crippen molar-refractivity contribution in [2.45, 2.75) is 58.4 Å². The van der Waals surface area contributed by atoms with Crippen LogP contribution < -0.4 is 0 Å². The lowest BCUT2D eigenvalue weighted by Crippen LogP contribution is -2.44. The molecule has 13 heavy (non-hydrogen) atoms. The molecule has 0 atom stereocenters. The summed E-state index contributed by atoms with van der Waals surface area (Å²) in [5, 5.41) is 0. The molecule has 0 saturated heterocycles. The van der Waals surface area contributed by atoms with Gasteiger partial charge < -0.3 is 8.91 Å². The molecular weight excluding hydrogens is 196 g/mol. The molecular formula is C9H24O2Si2. The average Bonchev–Trinajstić information content (AvgIpc) is 1.81. The summed E-state index contributed by atoms with van der Waals surface area (Å²) in [7, 11) is -3.86. The molecule has 0 amide bonds. The minimum atomic E-state index is -2.29. The zero-order valence-corrected chi connectivity index (χ0v) is 11.7. The number of unbranched alkanes of at least 4 members (excludes halogenated alkanes) is 2. The third-order valence-electron chi connectivity index (χ3n) is 1.91. The zero-order chi connectivity index (χ0) is 10.5. The highest BCUT2D eigenvalue weighted by molar-refractivity contribution is 6.81. The molecule has 0 aliphatic heterocycles. The first-order valence-electron chi connectivity index (χ1n) is 5.19. The van der Waals surface area contributed by atoms with Gasteiger partial charge in [0.2, 0.25) is 0 Å². The van der Waals surface area contributed by atoms with E-state index in [1.807, 2.05) is 13.1 Å². The molecule has 0 radical (unpaired) electrons. The van der Waals surface area contributed by atoms with Crippen LogP contribution in [0.15, 0.2) is 0 Å². The highest BCUT2D eigenvalue weighted by atomic mass is 28.4. The van der Waals surface area contributed by atoms with E-state index >= 15 is 0 Å².